The van der Waals surface area contributed by atoms with Gasteiger partial charge in [0.1, 0.15) is 11.2 Å². The molecule has 11 aromatic rings. The van der Waals surface area contributed by atoms with Crippen LogP contribution in [0.1, 0.15) is 0 Å². The summed E-state index contributed by atoms with van der Waals surface area (Å²) in [5.41, 5.74) is 11.5. The van der Waals surface area contributed by atoms with E-state index in [1.807, 2.05) is 60.7 Å². The van der Waals surface area contributed by atoms with Gasteiger partial charge in [-0.25, -0.2) is 15.0 Å². The second kappa shape index (κ2) is 13.6. The van der Waals surface area contributed by atoms with Gasteiger partial charge in [0.15, 0.2) is 17.5 Å². The molecule has 266 valence electrons. The minimum atomic E-state index is 0.626. The third-order valence-electron chi connectivity index (χ3n) is 10.9. The third kappa shape index (κ3) is 5.83. The molecule has 57 heavy (non-hydrogen) atoms. The Morgan fingerprint density at radius 2 is 0.825 bits per heavy atom. The number of fused-ring (bicyclic) bond motifs is 6. The summed E-state index contributed by atoms with van der Waals surface area (Å²) in [6, 6.07) is 70.0. The van der Waals surface area contributed by atoms with Crippen LogP contribution in [0.25, 0.3) is 111 Å². The number of hydrogen-bond acceptors (Lipinski definition) is 4. The number of aromatic nitrogens is 3. The lowest BCUT2D eigenvalue weighted by Gasteiger charge is -2.11. The molecule has 4 nitrogen and oxygen atoms in total. The predicted octanol–water partition coefficient (Wildman–Crippen LogP) is 14.1. The SMILES string of the molecule is c1ccc(-c2nc(-c3ccccc3)nc(-c3cccc(-c4cc5c6ccc(-c7ccc(-c8cccc9ccccc89)cc7)cc6oc5c5ccccc45)c3)n2)cc1. The summed E-state index contributed by atoms with van der Waals surface area (Å²) in [6.07, 6.45) is 0. The van der Waals surface area contributed by atoms with E-state index >= 15 is 0 Å². The van der Waals surface area contributed by atoms with E-state index in [9.17, 15) is 0 Å². The topological polar surface area (TPSA) is 51.8 Å². The van der Waals surface area contributed by atoms with E-state index < -0.39 is 0 Å². The lowest BCUT2D eigenvalue weighted by molar-refractivity contribution is 0.673. The van der Waals surface area contributed by atoms with Crippen molar-refractivity contribution in [3.05, 3.63) is 200 Å². The van der Waals surface area contributed by atoms with E-state index in [0.717, 1.165) is 71.7 Å². The second-order valence-electron chi connectivity index (χ2n) is 14.4. The van der Waals surface area contributed by atoms with Gasteiger partial charge >= 0.3 is 0 Å². The van der Waals surface area contributed by atoms with Crippen LogP contribution in [0.5, 0.6) is 0 Å². The Bertz CT molecular complexity index is 3220. The van der Waals surface area contributed by atoms with E-state index in [1.54, 1.807) is 0 Å². The molecule has 0 spiro atoms. The van der Waals surface area contributed by atoms with E-state index in [4.69, 9.17) is 19.4 Å². The summed E-state index contributed by atoms with van der Waals surface area (Å²) < 4.78 is 6.74. The summed E-state index contributed by atoms with van der Waals surface area (Å²) in [7, 11) is 0. The van der Waals surface area contributed by atoms with Gasteiger partial charge in [-0.05, 0) is 73.8 Å². The molecule has 0 amide bonds. The van der Waals surface area contributed by atoms with Crippen LogP contribution in [0.2, 0.25) is 0 Å². The minimum absolute atomic E-state index is 0.626. The predicted molar refractivity (Wildman–Crippen MR) is 235 cm³/mol. The van der Waals surface area contributed by atoms with Crippen LogP contribution in [0.3, 0.4) is 0 Å². The average molecular weight is 728 g/mol. The van der Waals surface area contributed by atoms with Gasteiger partial charge in [-0.1, -0.05) is 176 Å². The van der Waals surface area contributed by atoms with Gasteiger partial charge in [-0.3, -0.25) is 0 Å². The molecule has 9 aromatic carbocycles. The Hall–Kier alpha value is -7.69. The highest BCUT2D eigenvalue weighted by Crippen LogP contribution is 2.42. The maximum Gasteiger partial charge on any atom is 0.164 e. The fourth-order valence-corrected chi connectivity index (χ4v) is 8.10. The first-order valence-corrected chi connectivity index (χ1v) is 19.2. The zero-order chi connectivity index (χ0) is 37.7. The van der Waals surface area contributed by atoms with E-state index in [-0.39, 0.29) is 0 Å². The Kier molecular flexibility index (Phi) is 7.78. The molecule has 0 aliphatic carbocycles. The van der Waals surface area contributed by atoms with Gasteiger partial charge in [0.05, 0.1) is 0 Å². The monoisotopic (exact) mass is 727 g/mol. The molecule has 11 rings (SSSR count). The van der Waals surface area contributed by atoms with Gasteiger partial charge in [-0.15, -0.1) is 0 Å². The van der Waals surface area contributed by atoms with E-state index in [0.29, 0.717) is 17.5 Å². The highest BCUT2D eigenvalue weighted by molar-refractivity contribution is 6.19. The first kappa shape index (κ1) is 32.7. The molecule has 0 atom stereocenters. The van der Waals surface area contributed by atoms with Crippen molar-refractivity contribution in [3.63, 3.8) is 0 Å². The molecule has 0 aliphatic rings. The lowest BCUT2D eigenvalue weighted by atomic mass is 9.94. The molecule has 0 fully saturated rings. The fraction of sp³-hybridized carbons (Fsp3) is 0. The Morgan fingerprint density at radius 3 is 1.56 bits per heavy atom. The molecule has 0 N–H and O–H groups in total. The zero-order valence-corrected chi connectivity index (χ0v) is 30.8. The standard InChI is InChI=1S/C53H33N3O/c1-3-14-37(15-4-1)51-54-52(38-16-5-2-6-17-38)56-53(55-51)41-20-11-19-40(31-41)47-33-48-45-30-29-39(32-49(45)57-50(48)46-23-10-9-22-44(46)47)34-25-27-36(28-26-34)43-24-12-18-35-13-7-8-21-42(35)43/h1-33H. The van der Waals surface area contributed by atoms with Crippen molar-refractivity contribution in [2.75, 3.05) is 0 Å². The van der Waals surface area contributed by atoms with Crippen LogP contribution < -0.4 is 0 Å². The summed E-state index contributed by atoms with van der Waals surface area (Å²) in [5, 5.41) is 6.87. The minimum Gasteiger partial charge on any atom is -0.455 e. The number of furan rings is 1. The van der Waals surface area contributed by atoms with E-state index in [2.05, 4.69) is 140 Å². The number of nitrogens with zero attached hydrogens (tertiary/aromatic N) is 3. The summed E-state index contributed by atoms with van der Waals surface area (Å²) in [4.78, 5) is 14.9. The van der Waals surface area contributed by atoms with Crippen molar-refractivity contribution < 1.29 is 4.42 Å². The Balaban J connectivity index is 1.00. The fourth-order valence-electron chi connectivity index (χ4n) is 8.10. The molecule has 0 aliphatic heterocycles. The first-order valence-electron chi connectivity index (χ1n) is 19.2. The third-order valence-corrected chi connectivity index (χ3v) is 10.9. The summed E-state index contributed by atoms with van der Waals surface area (Å²) in [6.45, 7) is 0. The number of rotatable bonds is 6. The van der Waals surface area contributed by atoms with Gasteiger partial charge in [0.2, 0.25) is 0 Å². The average Bonchev–Trinajstić information content (AvgIpc) is 3.67. The summed E-state index contributed by atoms with van der Waals surface area (Å²) >= 11 is 0. The maximum absolute atomic E-state index is 6.74. The van der Waals surface area contributed by atoms with Gasteiger partial charge in [0, 0.05) is 32.8 Å². The van der Waals surface area contributed by atoms with Crippen LogP contribution in [-0.2, 0) is 0 Å². The number of hydrogen-bond donors (Lipinski definition) is 0. The smallest absolute Gasteiger partial charge is 0.164 e. The summed E-state index contributed by atoms with van der Waals surface area (Å²) in [5.74, 6) is 1.91. The molecule has 0 saturated heterocycles. The molecule has 2 heterocycles. The lowest BCUT2D eigenvalue weighted by Crippen LogP contribution is -2.00. The van der Waals surface area contributed by atoms with Gasteiger partial charge in [-0.2, -0.15) is 0 Å². The van der Waals surface area contributed by atoms with Crippen molar-refractivity contribution >= 4 is 43.5 Å². The molecule has 0 bridgehead atoms. The molecule has 0 saturated carbocycles. The quantitative estimate of drug-likeness (QED) is 0.171. The van der Waals surface area contributed by atoms with Gasteiger partial charge in [0.25, 0.3) is 0 Å². The van der Waals surface area contributed by atoms with Crippen molar-refractivity contribution in [2.24, 2.45) is 0 Å². The van der Waals surface area contributed by atoms with Crippen LogP contribution >= 0.6 is 0 Å². The molecule has 2 aromatic heterocycles. The zero-order valence-electron chi connectivity index (χ0n) is 30.8. The van der Waals surface area contributed by atoms with Crippen molar-refractivity contribution in [1.82, 2.24) is 15.0 Å². The highest BCUT2D eigenvalue weighted by atomic mass is 16.3. The maximum atomic E-state index is 6.74. The van der Waals surface area contributed by atoms with Crippen molar-refractivity contribution in [3.8, 4) is 67.5 Å². The molecule has 0 radical (unpaired) electrons. The molecule has 0 unspecified atom stereocenters. The second-order valence-corrected chi connectivity index (χ2v) is 14.4. The van der Waals surface area contributed by atoms with Crippen molar-refractivity contribution in [1.29, 1.82) is 0 Å². The molecular weight excluding hydrogens is 695 g/mol. The first-order chi connectivity index (χ1) is 28.2. The Morgan fingerprint density at radius 1 is 0.281 bits per heavy atom. The Labute approximate surface area is 329 Å². The largest absolute Gasteiger partial charge is 0.455 e. The van der Waals surface area contributed by atoms with Crippen LogP contribution in [0.15, 0.2) is 205 Å². The van der Waals surface area contributed by atoms with Crippen LogP contribution in [0, 0.1) is 0 Å². The van der Waals surface area contributed by atoms with Crippen LogP contribution in [-0.4, -0.2) is 15.0 Å². The van der Waals surface area contributed by atoms with E-state index in [1.165, 1.54) is 21.9 Å². The van der Waals surface area contributed by atoms with Crippen LogP contribution in [0.4, 0.5) is 0 Å². The van der Waals surface area contributed by atoms with Gasteiger partial charge < -0.3 is 4.42 Å². The molecular formula is C53H33N3O. The number of benzene rings is 9. The van der Waals surface area contributed by atoms with Crippen molar-refractivity contribution in [2.45, 2.75) is 0 Å². The highest BCUT2D eigenvalue weighted by Gasteiger charge is 2.18. The molecule has 4 heteroatoms. The normalized spacial score (nSPS) is 11.5.